The Morgan fingerprint density at radius 3 is 2.24 bits per heavy atom. The molecule has 0 heterocycles. The minimum atomic E-state index is -0.190. The minimum absolute atomic E-state index is 0.190. The second-order valence-electron chi connectivity index (χ2n) is 5.03. The largest absolute Gasteiger partial charge is 0.339 e. The van der Waals surface area contributed by atoms with E-state index in [1.807, 2.05) is 36.1 Å². The van der Waals surface area contributed by atoms with Gasteiger partial charge >= 0.3 is 0 Å². The van der Waals surface area contributed by atoms with Crippen molar-refractivity contribution >= 4 is 11.4 Å². The highest BCUT2D eigenvalue weighted by molar-refractivity contribution is 5.67. The molecule has 0 aliphatic rings. The molecule has 0 aromatic heterocycles. The van der Waals surface area contributed by atoms with Gasteiger partial charge in [0, 0.05) is 18.3 Å². The average Bonchev–Trinajstić information content (AvgIpc) is 2.50. The lowest BCUT2D eigenvalue weighted by atomic mass is 10.0. The fourth-order valence-corrected chi connectivity index (χ4v) is 2.66. The van der Waals surface area contributed by atoms with Crippen LogP contribution in [0.4, 0.5) is 15.8 Å². The standard InChI is InChI=1S/C18H23FN2/c1-4-20-14(3)15-10-6-8-12-17(15)21(5-2)18-13-9-7-11-16(18)19/h6-14,20H,4-5H2,1-3H3. The van der Waals surface area contributed by atoms with E-state index >= 15 is 0 Å². The van der Waals surface area contributed by atoms with E-state index in [-0.39, 0.29) is 11.9 Å². The maximum absolute atomic E-state index is 14.1. The van der Waals surface area contributed by atoms with Gasteiger partial charge in [-0.3, -0.25) is 0 Å². The van der Waals surface area contributed by atoms with Gasteiger partial charge in [-0.1, -0.05) is 37.3 Å². The molecule has 0 saturated heterocycles. The van der Waals surface area contributed by atoms with Gasteiger partial charge in [-0.05, 0) is 44.2 Å². The zero-order valence-corrected chi connectivity index (χ0v) is 12.9. The Morgan fingerprint density at radius 1 is 1.00 bits per heavy atom. The second-order valence-corrected chi connectivity index (χ2v) is 5.03. The van der Waals surface area contributed by atoms with Gasteiger partial charge in [-0.2, -0.15) is 0 Å². The van der Waals surface area contributed by atoms with Crippen molar-refractivity contribution in [1.82, 2.24) is 5.32 Å². The summed E-state index contributed by atoms with van der Waals surface area (Å²) in [6, 6.07) is 15.3. The third-order valence-corrected chi connectivity index (χ3v) is 3.66. The first kappa shape index (κ1) is 15.5. The van der Waals surface area contributed by atoms with Crippen LogP contribution in [0.25, 0.3) is 0 Å². The van der Waals surface area contributed by atoms with Crippen LogP contribution in [-0.2, 0) is 0 Å². The van der Waals surface area contributed by atoms with E-state index in [0.29, 0.717) is 5.69 Å². The first-order valence-corrected chi connectivity index (χ1v) is 7.53. The third kappa shape index (κ3) is 3.42. The van der Waals surface area contributed by atoms with Crippen LogP contribution < -0.4 is 10.2 Å². The molecule has 1 N–H and O–H groups in total. The van der Waals surface area contributed by atoms with Gasteiger partial charge in [0.25, 0.3) is 0 Å². The summed E-state index contributed by atoms with van der Waals surface area (Å²) in [5, 5.41) is 3.43. The van der Waals surface area contributed by atoms with Crippen molar-refractivity contribution < 1.29 is 4.39 Å². The lowest BCUT2D eigenvalue weighted by Gasteiger charge is -2.28. The molecule has 0 spiro atoms. The van der Waals surface area contributed by atoms with Crippen molar-refractivity contribution in [2.75, 3.05) is 18.0 Å². The highest BCUT2D eigenvalue weighted by atomic mass is 19.1. The molecular formula is C18H23FN2. The van der Waals surface area contributed by atoms with E-state index in [4.69, 9.17) is 0 Å². The highest BCUT2D eigenvalue weighted by Gasteiger charge is 2.17. The van der Waals surface area contributed by atoms with E-state index in [1.54, 1.807) is 6.07 Å². The van der Waals surface area contributed by atoms with Gasteiger partial charge in [0.15, 0.2) is 0 Å². The first-order valence-electron chi connectivity index (χ1n) is 7.53. The highest BCUT2D eigenvalue weighted by Crippen LogP contribution is 2.33. The molecule has 2 nitrogen and oxygen atoms in total. The molecule has 1 unspecified atom stereocenters. The SMILES string of the molecule is CCNC(C)c1ccccc1N(CC)c1ccccc1F. The molecule has 2 aromatic rings. The van der Waals surface area contributed by atoms with E-state index in [9.17, 15) is 4.39 Å². The van der Waals surface area contributed by atoms with E-state index < -0.39 is 0 Å². The number of para-hydroxylation sites is 2. The third-order valence-electron chi connectivity index (χ3n) is 3.66. The first-order chi connectivity index (χ1) is 10.2. The number of benzene rings is 2. The summed E-state index contributed by atoms with van der Waals surface area (Å²) in [6.45, 7) is 7.89. The zero-order valence-electron chi connectivity index (χ0n) is 12.9. The molecule has 0 aliphatic heterocycles. The molecule has 1 atom stereocenters. The summed E-state index contributed by atoms with van der Waals surface area (Å²) in [6.07, 6.45) is 0. The molecule has 0 fully saturated rings. The summed E-state index contributed by atoms with van der Waals surface area (Å²) in [7, 11) is 0. The van der Waals surface area contributed by atoms with Gasteiger partial charge in [0.1, 0.15) is 5.82 Å². The van der Waals surface area contributed by atoms with Crippen molar-refractivity contribution in [3.63, 3.8) is 0 Å². The Labute approximate surface area is 126 Å². The molecule has 112 valence electrons. The number of anilines is 2. The van der Waals surface area contributed by atoms with Crippen molar-refractivity contribution in [2.24, 2.45) is 0 Å². The molecule has 0 amide bonds. The number of nitrogens with one attached hydrogen (secondary N) is 1. The van der Waals surface area contributed by atoms with Crippen LogP contribution in [0.3, 0.4) is 0 Å². The van der Waals surface area contributed by atoms with E-state index in [2.05, 4.69) is 31.3 Å². The molecule has 0 saturated carbocycles. The number of hydrogen-bond donors (Lipinski definition) is 1. The van der Waals surface area contributed by atoms with Crippen LogP contribution in [0.15, 0.2) is 48.5 Å². The summed E-state index contributed by atoms with van der Waals surface area (Å²) in [4.78, 5) is 2.03. The number of halogens is 1. The van der Waals surface area contributed by atoms with Crippen LogP contribution in [0, 0.1) is 5.82 Å². The Kier molecular flexibility index (Phi) is 5.34. The monoisotopic (exact) mass is 286 g/mol. The van der Waals surface area contributed by atoms with Gasteiger partial charge in [0.2, 0.25) is 0 Å². The van der Waals surface area contributed by atoms with Gasteiger partial charge in [-0.15, -0.1) is 0 Å². The van der Waals surface area contributed by atoms with Crippen LogP contribution in [0.2, 0.25) is 0 Å². The van der Waals surface area contributed by atoms with Crippen LogP contribution in [0.5, 0.6) is 0 Å². The maximum Gasteiger partial charge on any atom is 0.146 e. The van der Waals surface area contributed by atoms with Crippen molar-refractivity contribution in [3.8, 4) is 0 Å². The molecule has 3 heteroatoms. The average molecular weight is 286 g/mol. The topological polar surface area (TPSA) is 15.3 Å². The Bertz CT molecular complexity index is 583. The fourth-order valence-electron chi connectivity index (χ4n) is 2.66. The maximum atomic E-state index is 14.1. The van der Waals surface area contributed by atoms with Crippen LogP contribution >= 0.6 is 0 Å². The number of hydrogen-bond acceptors (Lipinski definition) is 2. The predicted octanol–water partition coefficient (Wildman–Crippen LogP) is 4.65. The Hall–Kier alpha value is -1.87. The summed E-state index contributed by atoms with van der Waals surface area (Å²) in [5.41, 5.74) is 2.86. The molecule has 21 heavy (non-hydrogen) atoms. The van der Waals surface area contributed by atoms with E-state index in [1.165, 1.54) is 11.6 Å². The predicted molar refractivity (Wildman–Crippen MR) is 87.6 cm³/mol. The fraction of sp³-hybridized carbons (Fsp3) is 0.333. The lowest BCUT2D eigenvalue weighted by molar-refractivity contribution is 0.596. The van der Waals surface area contributed by atoms with Gasteiger partial charge in [0.05, 0.1) is 5.69 Å². The van der Waals surface area contributed by atoms with Gasteiger partial charge in [-0.25, -0.2) is 4.39 Å². The number of rotatable bonds is 6. The zero-order chi connectivity index (χ0) is 15.2. The Balaban J connectivity index is 2.46. The smallest absolute Gasteiger partial charge is 0.146 e. The summed E-state index contributed by atoms with van der Waals surface area (Å²) < 4.78 is 14.1. The van der Waals surface area contributed by atoms with Crippen molar-refractivity contribution in [3.05, 3.63) is 59.9 Å². The number of nitrogens with zero attached hydrogens (tertiary/aromatic N) is 1. The summed E-state index contributed by atoms with van der Waals surface area (Å²) in [5.74, 6) is -0.190. The lowest BCUT2D eigenvalue weighted by Crippen LogP contribution is -2.23. The quantitative estimate of drug-likeness (QED) is 0.831. The summed E-state index contributed by atoms with van der Waals surface area (Å²) >= 11 is 0. The van der Waals surface area contributed by atoms with E-state index in [0.717, 1.165) is 18.8 Å². The minimum Gasteiger partial charge on any atom is -0.339 e. The normalized spacial score (nSPS) is 12.2. The Morgan fingerprint density at radius 2 is 1.62 bits per heavy atom. The molecule has 0 aliphatic carbocycles. The molecule has 2 rings (SSSR count). The second kappa shape index (κ2) is 7.23. The van der Waals surface area contributed by atoms with Crippen molar-refractivity contribution in [1.29, 1.82) is 0 Å². The van der Waals surface area contributed by atoms with Gasteiger partial charge < -0.3 is 10.2 Å². The molecular weight excluding hydrogens is 263 g/mol. The molecule has 2 aromatic carbocycles. The van der Waals surface area contributed by atoms with Crippen LogP contribution in [0.1, 0.15) is 32.4 Å². The van der Waals surface area contributed by atoms with Crippen LogP contribution in [-0.4, -0.2) is 13.1 Å². The molecule has 0 radical (unpaired) electrons. The molecule has 0 bridgehead atoms. The van der Waals surface area contributed by atoms with Crippen molar-refractivity contribution in [2.45, 2.75) is 26.8 Å².